The smallest absolute Gasteiger partial charge is 0.204 e. The molecule has 2 heterocycles. The highest BCUT2D eigenvalue weighted by atomic mass is 32.3. The van der Waals surface area contributed by atoms with Crippen molar-refractivity contribution >= 4 is 35.3 Å². The van der Waals surface area contributed by atoms with Crippen molar-refractivity contribution in [1.82, 2.24) is 0 Å². The normalized spacial score (nSPS) is 24.5. The topological polar surface area (TPSA) is 18.5 Å². The molecule has 62 valence electrons. The predicted molar refractivity (Wildman–Crippen MR) is 51.4 cm³/mol. The number of hydrogen-bond acceptors (Lipinski definition) is 5. The van der Waals surface area contributed by atoms with E-state index in [4.69, 9.17) is 9.47 Å². The molecule has 0 aromatic carbocycles. The van der Waals surface area contributed by atoms with Gasteiger partial charge in [-0.25, -0.2) is 0 Å². The lowest BCUT2D eigenvalue weighted by molar-refractivity contribution is 0.0949. The first kappa shape index (κ1) is 8.01. The van der Waals surface area contributed by atoms with Crippen molar-refractivity contribution in [3.8, 4) is 0 Å². The summed E-state index contributed by atoms with van der Waals surface area (Å²) >= 11 is 5.33. The maximum absolute atomic E-state index is 5.42. The van der Waals surface area contributed by atoms with Crippen molar-refractivity contribution in [2.24, 2.45) is 0 Å². The fourth-order valence-corrected chi connectivity index (χ4v) is 4.11. The van der Waals surface area contributed by atoms with Crippen molar-refractivity contribution in [3.63, 3.8) is 0 Å². The molecule has 2 aliphatic rings. The summed E-state index contributed by atoms with van der Waals surface area (Å²) in [4.78, 5) is 0. The monoisotopic (exact) mass is 208 g/mol. The number of thioether (sulfide) groups is 3. The molecule has 0 N–H and O–H groups in total. The number of ether oxygens (including phenoxy) is 2. The molecule has 5 heteroatoms. The van der Waals surface area contributed by atoms with Crippen molar-refractivity contribution in [2.45, 2.75) is 3.91 Å². The molecule has 0 bridgehead atoms. The summed E-state index contributed by atoms with van der Waals surface area (Å²) < 4.78 is 11.4. The summed E-state index contributed by atoms with van der Waals surface area (Å²) in [6.07, 6.45) is 2.10. The van der Waals surface area contributed by atoms with E-state index in [2.05, 4.69) is 6.26 Å². The minimum Gasteiger partial charge on any atom is -0.480 e. The first-order valence-corrected chi connectivity index (χ1v) is 6.31. The van der Waals surface area contributed by atoms with Crippen molar-refractivity contribution < 1.29 is 9.47 Å². The Hall–Kier alpha value is 0.390. The number of rotatable bonds is 1. The lowest BCUT2D eigenvalue weighted by Crippen LogP contribution is -2.08. The minimum absolute atomic E-state index is 0.526. The largest absolute Gasteiger partial charge is 0.480 e. The third-order valence-corrected chi connectivity index (χ3v) is 5.56. The zero-order valence-corrected chi connectivity index (χ0v) is 8.48. The molecule has 2 nitrogen and oxygen atoms in total. The van der Waals surface area contributed by atoms with Gasteiger partial charge in [0.2, 0.25) is 10.2 Å². The summed E-state index contributed by atoms with van der Waals surface area (Å²) in [6, 6.07) is 0. The van der Waals surface area contributed by atoms with Crippen LogP contribution in [0.2, 0.25) is 0 Å². The van der Waals surface area contributed by atoms with Crippen molar-refractivity contribution in [2.75, 3.05) is 19.5 Å². The summed E-state index contributed by atoms with van der Waals surface area (Å²) in [7, 11) is 0. The fourth-order valence-electron chi connectivity index (χ4n) is 0.846. The lowest BCUT2D eigenvalue weighted by atomic mass is 10.7. The highest BCUT2D eigenvalue weighted by Crippen LogP contribution is 2.51. The SMILES string of the molecule is CSC1SC2=C(OCCO2)S1. The summed E-state index contributed by atoms with van der Waals surface area (Å²) in [5, 5.41) is 1.97. The van der Waals surface area contributed by atoms with Gasteiger partial charge < -0.3 is 9.47 Å². The van der Waals surface area contributed by atoms with Gasteiger partial charge in [-0.2, -0.15) is 0 Å². The second-order valence-corrected chi connectivity index (χ2v) is 6.03. The van der Waals surface area contributed by atoms with Gasteiger partial charge in [-0.1, -0.05) is 23.5 Å². The van der Waals surface area contributed by atoms with Gasteiger partial charge in [-0.15, -0.1) is 11.8 Å². The van der Waals surface area contributed by atoms with Gasteiger partial charge in [0.15, 0.2) is 0 Å². The Morgan fingerprint density at radius 1 is 1.27 bits per heavy atom. The summed E-state index contributed by atoms with van der Waals surface area (Å²) in [5.41, 5.74) is 0. The second kappa shape index (κ2) is 3.41. The minimum atomic E-state index is 0.526. The molecule has 2 rings (SSSR count). The van der Waals surface area contributed by atoms with Crippen LogP contribution < -0.4 is 0 Å². The molecule has 2 aliphatic heterocycles. The highest BCUT2D eigenvalue weighted by Gasteiger charge is 2.30. The van der Waals surface area contributed by atoms with E-state index in [9.17, 15) is 0 Å². The molecule has 0 amide bonds. The average molecular weight is 208 g/mol. The van der Waals surface area contributed by atoms with Gasteiger partial charge in [-0.05, 0) is 6.26 Å². The van der Waals surface area contributed by atoms with Crippen LogP contribution >= 0.6 is 35.3 Å². The van der Waals surface area contributed by atoms with Crippen LogP contribution in [0.1, 0.15) is 0 Å². The van der Waals surface area contributed by atoms with Crippen LogP contribution in [0.5, 0.6) is 0 Å². The van der Waals surface area contributed by atoms with Crippen molar-refractivity contribution in [3.05, 3.63) is 10.2 Å². The van der Waals surface area contributed by atoms with E-state index in [1.165, 1.54) is 0 Å². The van der Waals surface area contributed by atoms with Gasteiger partial charge in [0, 0.05) is 0 Å². The third-order valence-electron chi connectivity index (χ3n) is 1.32. The quantitative estimate of drug-likeness (QED) is 0.656. The maximum atomic E-state index is 5.42. The van der Waals surface area contributed by atoms with E-state index in [1.807, 2.05) is 11.8 Å². The molecule has 0 radical (unpaired) electrons. The van der Waals surface area contributed by atoms with Gasteiger partial charge in [-0.3, -0.25) is 0 Å². The van der Waals surface area contributed by atoms with E-state index >= 15 is 0 Å². The van der Waals surface area contributed by atoms with E-state index in [-0.39, 0.29) is 0 Å². The molecule has 0 atom stereocenters. The predicted octanol–water partition coefficient (Wildman–Crippen LogP) is 2.29. The molecule has 0 saturated carbocycles. The Bertz CT molecular complexity index is 174. The first-order chi connectivity index (χ1) is 5.40. The van der Waals surface area contributed by atoms with Crippen molar-refractivity contribution in [1.29, 1.82) is 0 Å². The molecule has 0 aromatic rings. The molecule has 0 aliphatic carbocycles. The molecule has 0 fully saturated rings. The fraction of sp³-hybridized carbons (Fsp3) is 0.667. The Labute approximate surface area is 78.5 Å². The number of hydrogen-bond donors (Lipinski definition) is 0. The Morgan fingerprint density at radius 2 is 1.82 bits per heavy atom. The Kier molecular flexibility index (Phi) is 2.48. The van der Waals surface area contributed by atoms with Crippen LogP contribution in [0.4, 0.5) is 0 Å². The molecule has 0 aromatic heterocycles. The van der Waals surface area contributed by atoms with Gasteiger partial charge in [0.05, 0.1) is 0 Å². The van der Waals surface area contributed by atoms with Crippen LogP contribution in [0.25, 0.3) is 0 Å². The average Bonchev–Trinajstić information content (AvgIpc) is 2.46. The second-order valence-electron chi connectivity index (χ2n) is 2.03. The van der Waals surface area contributed by atoms with E-state index in [0.29, 0.717) is 17.1 Å². The Morgan fingerprint density at radius 3 is 2.27 bits per heavy atom. The Balaban J connectivity index is 2.03. The molecule has 0 unspecified atom stereocenters. The molecule has 11 heavy (non-hydrogen) atoms. The molecular formula is C6H8O2S3. The first-order valence-electron chi connectivity index (χ1n) is 3.26. The van der Waals surface area contributed by atoms with E-state index in [0.717, 1.165) is 10.2 Å². The van der Waals surface area contributed by atoms with Crippen LogP contribution in [0, 0.1) is 0 Å². The molecule has 0 spiro atoms. The molecule has 0 saturated heterocycles. The third kappa shape index (κ3) is 1.60. The van der Waals surface area contributed by atoms with E-state index < -0.39 is 0 Å². The highest BCUT2D eigenvalue weighted by molar-refractivity contribution is 8.36. The van der Waals surface area contributed by atoms with Crippen LogP contribution in [0.15, 0.2) is 10.2 Å². The van der Waals surface area contributed by atoms with Crippen LogP contribution in [-0.2, 0) is 9.47 Å². The zero-order valence-electron chi connectivity index (χ0n) is 6.03. The van der Waals surface area contributed by atoms with Crippen LogP contribution in [0.3, 0.4) is 0 Å². The van der Waals surface area contributed by atoms with Gasteiger partial charge >= 0.3 is 0 Å². The van der Waals surface area contributed by atoms with Gasteiger partial charge in [0.1, 0.15) is 17.1 Å². The summed E-state index contributed by atoms with van der Waals surface area (Å²) in [6.45, 7) is 1.40. The molecular weight excluding hydrogens is 200 g/mol. The van der Waals surface area contributed by atoms with Gasteiger partial charge in [0.25, 0.3) is 0 Å². The summed E-state index contributed by atoms with van der Waals surface area (Å²) in [5.74, 6) is 0. The standard InChI is InChI=1S/C6H8O2S3/c1-9-6-10-4-5(11-6)8-3-2-7-4/h6H,2-3H2,1H3. The zero-order chi connectivity index (χ0) is 7.68. The van der Waals surface area contributed by atoms with E-state index in [1.54, 1.807) is 23.5 Å². The van der Waals surface area contributed by atoms with Crippen LogP contribution in [-0.4, -0.2) is 23.4 Å². The lowest BCUT2D eigenvalue weighted by Gasteiger charge is -2.14. The maximum Gasteiger partial charge on any atom is 0.204 e.